The van der Waals surface area contributed by atoms with Crippen molar-refractivity contribution in [2.75, 3.05) is 33.4 Å². The van der Waals surface area contributed by atoms with E-state index in [4.69, 9.17) is 13.9 Å². The van der Waals surface area contributed by atoms with Crippen molar-refractivity contribution in [3.05, 3.63) is 24.2 Å². The Morgan fingerprint density at radius 2 is 2.32 bits per heavy atom. The molecule has 1 aromatic rings. The Morgan fingerprint density at radius 3 is 2.95 bits per heavy atom. The number of carbonyl (C=O) groups excluding carboxylic acids is 1. The standard InChI is InChI=1S/C16H27NO5/c1-3-6-16(19)22-13-14(18)11-17(8-5-9-20-2)12-15-7-4-10-21-15/h4,7,10,14,18H,3,5-6,8-9,11-13H2,1-2H3/t14-/m1/s1. The topological polar surface area (TPSA) is 72.1 Å². The molecule has 0 fully saturated rings. The van der Waals surface area contributed by atoms with Crippen LogP contribution in [0.2, 0.25) is 0 Å². The van der Waals surface area contributed by atoms with Crippen molar-refractivity contribution >= 4 is 5.97 Å². The number of hydrogen-bond donors (Lipinski definition) is 1. The van der Waals surface area contributed by atoms with Crippen LogP contribution in [-0.4, -0.2) is 55.5 Å². The molecule has 1 aromatic heterocycles. The molecule has 126 valence electrons. The number of carbonyl (C=O) groups is 1. The van der Waals surface area contributed by atoms with Gasteiger partial charge in [-0.05, 0) is 25.0 Å². The van der Waals surface area contributed by atoms with Gasteiger partial charge in [0.15, 0.2) is 0 Å². The minimum Gasteiger partial charge on any atom is -0.468 e. The number of rotatable bonds is 12. The van der Waals surface area contributed by atoms with Gasteiger partial charge in [0, 0.05) is 33.2 Å². The molecule has 0 saturated carbocycles. The van der Waals surface area contributed by atoms with E-state index in [1.165, 1.54) is 0 Å². The lowest BCUT2D eigenvalue weighted by atomic mass is 10.3. The molecule has 0 aliphatic carbocycles. The maximum Gasteiger partial charge on any atom is 0.305 e. The molecule has 0 radical (unpaired) electrons. The normalized spacial score (nSPS) is 12.5. The van der Waals surface area contributed by atoms with Crippen LogP contribution in [0.3, 0.4) is 0 Å². The first-order valence-electron chi connectivity index (χ1n) is 7.73. The van der Waals surface area contributed by atoms with Crippen molar-refractivity contribution in [1.82, 2.24) is 4.90 Å². The van der Waals surface area contributed by atoms with Crippen LogP contribution in [0.15, 0.2) is 22.8 Å². The third kappa shape index (κ3) is 8.17. The lowest BCUT2D eigenvalue weighted by molar-refractivity contribution is -0.147. The van der Waals surface area contributed by atoms with E-state index in [0.717, 1.165) is 25.1 Å². The molecule has 6 heteroatoms. The zero-order valence-corrected chi connectivity index (χ0v) is 13.5. The van der Waals surface area contributed by atoms with Gasteiger partial charge in [0.1, 0.15) is 18.5 Å². The maximum absolute atomic E-state index is 11.3. The second-order valence-corrected chi connectivity index (χ2v) is 5.25. The van der Waals surface area contributed by atoms with E-state index in [1.807, 2.05) is 19.1 Å². The Morgan fingerprint density at radius 1 is 1.50 bits per heavy atom. The van der Waals surface area contributed by atoms with Crippen molar-refractivity contribution in [1.29, 1.82) is 0 Å². The number of nitrogens with zero attached hydrogens (tertiary/aromatic N) is 1. The summed E-state index contributed by atoms with van der Waals surface area (Å²) in [6.45, 7) is 4.40. The minimum absolute atomic E-state index is 0.0256. The van der Waals surface area contributed by atoms with Gasteiger partial charge in [-0.1, -0.05) is 6.92 Å². The SMILES string of the molecule is CCCC(=O)OC[C@H](O)CN(CCCOC)Cc1ccco1. The summed E-state index contributed by atoms with van der Waals surface area (Å²) in [6.07, 6.45) is 2.91. The molecule has 1 N–H and O–H groups in total. The Bertz CT molecular complexity index is 393. The Balaban J connectivity index is 2.39. The minimum atomic E-state index is -0.710. The van der Waals surface area contributed by atoms with E-state index in [9.17, 15) is 9.90 Å². The monoisotopic (exact) mass is 313 g/mol. The van der Waals surface area contributed by atoms with Gasteiger partial charge in [0.05, 0.1) is 12.8 Å². The highest BCUT2D eigenvalue weighted by atomic mass is 16.5. The summed E-state index contributed by atoms with van der Waals surface area (Å²) in [5.74, 6) is 0.575. The molecular formula is C16H27NO5. The summed E-state index contributed by atoms with van der Waals surface area (Å²) in [6, 6.07) is 3.74. The van der Waals surface area contributed by atoms with Crippen molar-refractivity contribution in [2.45, 2.75) is 38.8 Å². The molecule has 0 bridgehead atoms. The molecule has 0 spiro atoms. The van der Waals surface area contributed by atoms with Gasteiger partial charge in [0.2, 0.25) is 0 Å². The van der Waals surface area contributed by atoms with E-state index >= 15 is 0 Å². The van der Waals surface area contributed by atoms with Gasteiger partial charge in [-0.25, -0.2) is 0 Å². The summed E-state index contributed by atoms with van der Waals surface area (Å²) in [4.78, 5) is 13.4. The van der Waals surface area contributed by atoms with E-state index in [1.54, 1.807) is 13.4 Å². The summed E-state index contributed by atoms with van der Waals surface area (Å²) in [5, 5.41) is 10.0. The smallest absolute Gasteiger partial charge is 0.305 e. The molecule has 22 heavy (non-hydrogen) atoms. The fourth-order valence-electron chi connectivity index (χ4n) is 2.11. The number of furan rings is 1. The first-order chi connectivity index (χ1) is 10.7. The molecule has 0 amide bonds. The van der Waals surface area contributed by atoms with Crippen molar-refractivity contribution in [3.8, 4) is 0 Å². The van der Waals surface area contributed by atoms with Gasteiger partial charge in [-0.3, -0.25) is 9.69 Å². The van der Waals surface area contributed by atoms with Crippen LogP contribution >= 0.6 is 0 Å². The van der Waals surface area contributed by atoms with Gasteiger partial charge < -0.3 is 19.0 Å². The van der Waals surface area contributed by atoms with Crippen LogP contribution < -0.4 is 0 Å². The second-order valence-electron chi connectivity index (χ2n) is 5.25. The highest BCUT2D eigenvalue weighted by Gasteiger charge is 2.15. The maximum atomic E-state index is 11.3. The van der Waals surface area contributed by atoms with Crippen LogP contribution in [0.5, 0.6) is 0 Å². The van der Waals surface area contributed by atoms with Crippen LogP contribution in [0.4, 0.5) is 0 Å². The largest absolute Gasteiger partial charge is 0.468 e. The highest BCUT2D eigenvalue weighted by molar-refractivity contribution is 5.69. The predicted octanol–water partition coefficient (Wildman–Crippen LogP) is 1.82. The molecule has 6 nitrogen and oxygen atoms in total. The van der Waals surface area contributed by atoms with E-state index in [-0.39, 0.29) is 12.6 Å². The lowest BCUT2D eigenvalue weighted by Gasteiger charge is -2.24. The van der Waals surface area contributed by atoms with E-state index in [2.05, 4.69) is 4.90 Å². The Labute approximate surface area is 132 Å². The van der Waals surface area contributed by atoms with E-state index in [0.29, 0.717) is 26.1 Å². The zero-order chi connectivity index (χ0) is 16.2. The third-order valence-electron chi connectivity index (χ3n) is 3.14. The summed E-state index contributed by atoms with van der Waals surface area (Å²) in [5.41, 5.74) is 0. The molecule has 0 saturated heterocycles. The molecule has 0 unspecified atom stereocenters. The number of aliphatic hydroxyl groups excluding tert-OH is 1. The van der Waals surface area contributed by atoms with Crippen molar-refractivity contribution < 1.29 is 23.8 Å². The third-order valence-corrected chi connectivity index (χ3v) is 3.14. The quantitative estimate of drug-likeness (QED) is 0.469. The van der Waals surface area contributed by atoms with Crippen LogP contribution in [0.25, 0.3) is 0 Å². The van der Waals surface area contributed by atoms with Crippen molar-refractivity contribution in [2.24, 2.45) is 0 Å². The van der Waals surface area contributed by atoms with E-state index < -0.39 is 6.10 Å². The fraction of sp³-hybridized carbons (Fsp3) is 0.688. The molecule has 1 atom stereocenters. The van der Waals surface area contributed by atoms with Gasteiger partial charge >= 0.3 is 5.97 Å². The average Bonchev–Trinajstić information content (AvgIpc) is 2.98. The highest BCUT2D eigenvalue weighted by Crippen LogP contribution is 2.07. The molecule has 0 aliphatic rings. The molecule has 1 heterocycles. The molecule has 1 rings (SSSR count). The Kier molecular flexibility index (Phi) is 9.54. The number of methoxy groups -OCH3 is 1. The molecule has 0 aliphatic heterocycles. The number of hydrogen-bond acceptors (Lipinski definition) is 6. The summed E-state index contributed by atoms with van der Waals surface area (Å²) >= 11 is 0. The van der Waals surface area contributed by atoms with Crippen molar-refractivity contribution in [3.63, 3.8) is 0 Å². The number of aliphatic hydroxyl groups is 1. The lowest BCUT2D eigenvalue weighted by Crippen LogP contribution is -2.36. The first-order valence-corrected chi connectivity index (χ1v) is 7.73. The van der Waals surface area contributed by atoms with Gasteiger partial charge in [0.25, 0.3) is 0 Å². The van der Waals surface area contributed by atoms with Crippen LogP contribution in [0, 0.1) is 0 Å². The van der Waals surface area contributed by atoms with Crippen LogP contribution in [-0.2, 0) is 20.8 Å². The summed E-state index contributed by atoms with van der Waals surface area (Å²) in [7, 11) is 1.67. The molecular weight excluding hydrogens is 286 g/mol. The predicted molar refractivity (Wildman–Crippen MR) is 82.4 cm³/mol. The summed E-state index contributed by atoms with van der Waals surface area (Å²) < 4.78 is 15.4. The van der Waals surface area contributed by atoms with Crippen LogP contribution in [0.1, 0.15) is 31.9 Å². The zero-order valence-electron chi connectivity index (χ0n) is 13.5. The number of esters is 1. The average molecular weight is 313 g/mol. The fourth-order valence-corrected chi connectivity index (χ4v) is 2.11. The Hall–Kier alpha value is -1.37. The number of ether oxygens (including phenoxy) is 2. The van der Waals surface area contributed by atoms with Gasteiger partial charge in [-0.15, -0.1) is 0 Å². The second kappa shape index (κ2) is 11.2. The van der Waals surface area contributed by atoms with Gasteiger partial charge in [-0.2, -0.15) is 0 Å². The molecule has 0 aromatic carbocycles. The first kappa shape index (κ1) is 18.7.